The number of amides is 2. The van der Waals surface area contributed by atoms with Crippen molar-refractivity contribution >= 4 is 17.8 Å². The maximum Gasteiger partial charge on any atom is 0.369 e. The molecule has 4 atom stereocenters. The average Bonchev–Trinajstić information content (AvgIpc) is 3.41. The Kier molecular flexibility index (Phi) is 5.00. The van der Waals surface area contributed by atoms with Crippen LogP contribution >= 0.6 is 0 Å². The second-order valence-electron chi connectivity index (χ2n) is 7.56. The highest BCUT2D eigenvalue weighted by atomic mass is 16.5. The lowest BCUT2D eigenvalue weighted by atomic mass is 9.76. The van der Waals surface area contributed by atoms with Gasteiger partial charge in [0.2, 0.25) is 17.4 Å². The molecule has 1 aromatic carbocycles. The van der Waals surface area contributed by atoms with E-state index in [0.717, 1.165) is 5.56 Å². The summed E-state index contributed by atoms with van der Waals surface area (Å²) >= 11 is 0. The van der Waals surface area contributed by atoms with Crippen LogP contribution in [-0.2, 0) is 25.5 Å². The molecule has 0 saturated carbocycles. The minimum atomic E-state index is -1.23. The van der Waals surface area contributed by atoms with E-state index in [0.29, 0.717) is 12.2 Å². The van der Waals surface area contributed by atoms with Gasteiger partial charge in [0.1, 0.15) is 11.8 Å². The predicted octanol–water partition coefficient (Wildman–Crippen LogP) is 1.06. The van der Waals surface area contributed by atoms with E-state index < -0.39 is 29.4 Å². The Morgan fingerprint density at radius 3 is 2.52 bits per heavy atom. The van der Waals surface area contributed by atoms with Crippen LogP contribution in [-0.4, -0.2) is 41.4 Å². The summed E-state index contributed by atoms with van der Waals surface area (Å²) in [5, 5.41) is 1.83. The number of nitrogens with two attached hydrogens (primary N) is 1. The van der Waals surface area contributed by atoms with E-state index in [-0.39, 0.29) is 25.0 Å². The number of carbonyl (C=O) groups excluding carboxylic acids is 3. The highest BCUT2D eigenvalue weighted by Crippen LogP contribution is 2.45. The number of hydrogen-bond donors (Lipinski definition) is 1. The maximum atomic E-state index is 13.3. The van der Waals surface area contributed by atoms with Crippen molar-refractivity contribution in [2.24, 2.45) is 11.8 Å². The van der Waals surface area contributed by atoms with Crippen molar-refractivity contribution in [3.05, 3.63) is 60.1 Å². The summed E-state index contributed by atoms with van der Waals surface area (Å²) in [5.74, 6) is -1.91. The molecule has 4 rings (SSSR count). The largest absolute Gasteiger partial charge is 0.463 e. The number of imide groups is 1. The Bertz CT molecular complexity index is 911. The van der Waals surface area contributed by atoms with Gasteiger partial charge in [-0.3, -0.25) is 14.5 Å². The Hall–Kier alpha value is -2.93. The number of furan rings is 1. The number of carbonyl (C=O) groups is 3. The number of benzene rings is 1. The van der Waals surface area contributed by atoms with E-state index in [1.54, 1.807) is 32.2 Å². The lowest BCUT2D eigenvalue weighted by molar-refractivity contribution is -0.735. The van der Waals surface area contributed by atoms with Gasteiger partial charge in [-0.1, -0.05) is 30.3 Å². The molecule has 0 unspecified atom stereocenters. The van der Waals surface area contributed by atoms with Crippen LogP contribution in [0.5, 0.6) is 0 Å². The van der Waals surface area contributed by atoms with Crippen LogP contribution in [0, 0.1) is 11.8 Å². The fraction of sp³-hybridized carbons (Fsp3) is 0.409. The molecule has 2 amide bonds. The molecule has 0 aliphatic carbocycles. The van der Waals surface area contributed by atoms with Crippen LogP contribution in [0.15, 0.2) is 53.1 Å². The topological polar surface area (TPSA) is 93.4 Å². The lowest BCUT2D eigenvalue weighted by Gasteiger charge is -2.29. The molecule has 3 heterocycles. The third-order valence-electron chi connectivity index (χ3n) is 6.04. The molecular weight excluding hydrogens is 372 g/mol. The first-order chi connectivity index (χ1) is 14.0. The summed E-state index contributed by atoms with van der Waals surface area (Å²) in [6, 6.07) is 12.6. The van der Waals surface area contributed by atoms with Gasteiger partial charge in [-0.2, -0.15) is 0 Å². The summed E-state index contributed by atoms with van der Waals surface area (Å²) in [6.45, 7) is 3.99. The van der Waals surface area contributed by atoms with Crippen molar-refractivity contribution in [1.29, 1.82) is 0 Å². The number of rotatable bonds is 6. The molecule has 7 nitrogen and oxygen atoms in total. The Morgan fingerprint density at radius 1 is 1.14 bits per heavy atom. The zero-order valence-electron chi connectivity index (χ0n) is 16.5. The standard InChI is InChI=1S/C22H24N2O5/c1-3-24-19(25)16-17(20(24)26)22(21(27)28-4-2,13-14-9-6-5-7-10-14)23-18(16)15-11-8-12-29-15/h5-12,16-18,23H,3-4,13H2,1-2H3/p+1/t16-,17+,18-,22+/m0/s1. The second-order valence-corrected chi connectivity index (χ2v) is 7.56. The van der Waals surface area contributed by atoms with Crippen molar-refractivity contribution in [3.8, 4) is 0 Å². The van der Waals surface area contributed by atoms with Crippen LogP contribution in [0.1, 0.15) is 31.2 Å². The van der Waals surface area contributed by atoms with Gasteiger partial charge < -0.3 is 14.5 Å². The fourth-order valence-electron chi connectivity index (χ4n) is 4.87. The zero-order valence-corrected chi connectivity index (χ0v) is 16.5. The van der Waals surface area contributed by atoms with Gasteiger partial charge in [0.05, 0.1) is 12.9 Å². The molecule has 2 aliphatic rings. The third-order valence-corrected chi connectivity index (χ3v) is 6.04. The first-order valence-electron chi connectivity index (χ1n) is 9.99. The molecule has 2 saturated heterocycles. The smallest absolute Gasteiger partial charge is 0.369 e. The van der Waals surface area contributed by atoms with Crippen molar-refractivity contribution in [2.75, 3.05) is 13.2 Å². The van der Waals surface area contributed by atoms with Gasteiger partial charge in [-0.05, 0) is 31.5 Å². The average molecular weight is 397 g/mol. The molecule has 2 N–H and O–H groups in total. The molecule has 1 aromatic heterocycles. The van der Waals surface area contributed by atoms with Gasteiger partial charge in [0, 0.05) is 13.0 Å². The van der Waals surface area contributed by atoms with Crippen LogP contribution in [0.25, 0.3) is 0 Å². The molecule has 0 spiro atoms. The van der Waals surface area contributed by atoms with E-state index in [1.807, 2.05) is 35.6 Å². The molecular formula is C22H25N2O5+. The molecule has 0 radical (unpaired) electrons. The van der Waals surface area contributed by atoms with Gasteiger partial charge in [0.15, 0.2) is 11.8 Å². The molecule has 29 heavy (non-hydrogen) atoms. The SMILES string of the molecule is CCOC(=O)[C@]1(Cc2ccccc2)[NH2+][C@@H](c2ccco2)[C@H]2C(=O)N(CC)C(=O)[C@@H]21. The highest BCUT2D eigenvalue weighted by molar-refractivity contribution is 6.08. The maximum absolute atomic E-state index is 13.3. The summed E-state index contributed by atoms with van der Waals surface area (Å²) in [5.41, 5.74) is -0.318. The number of ether oxygens (including phenoxy) is 1. The number of nitrogens with zero attached hydrogens (tertiary/aromatic N) is 1. The lowest BCUT2D eigenvalue weighted by Crippen LogP contribution is -2.98. The number of quaternary nitrogens is 1. The molecule has 2 fully saturated rings. The minimum absolute atomic E-state index is 0.200. The summed E-state index contributed by atoms with van der Waals surface area (Å²) < 4.78 is 11.0. The number of esters is 1. The Morgan fingerprint density at radius 2 is 1.90 bits per heavy atom. The van der Waals surface area contributed by atoms with Gasteiger partial charge in [0.25, 0.3) is 0 Å². The van der Waals surface area contributed by atoms with Crippen LogP contribution in [0.3, 0.4) is 0 Å². The Balaban J connectivity index is 1.85. The first kappa shape index (κ1) is 19.4. The molecule has 7 heteroatoms. The number of likely N-dealkylation sites (tertiary alicyclic amines) is 1. The fourth-order valence-corrected chi connectivity index (χ4v) is 4.87. The molecule has 2 aliphatic heterocycles. The number of fused-ring (bicyclic) bond motifs is 1. The van der Waals surface area contributed by atoms with E-state index in [9.17, 15) is 14.4 Å². The predicted molar refractivity (Wildman–Crippen MR) is 102 cm³/mol. The van der Waals surface area contributed by atoms with Crippen molar-refractivity contribution in [1.82, 2.24) is 4.90 Å². The summed E-state index contributed by atoms with van der Waals surface area (Å²) in [4.78, 5) is 41.0. The second kappa shape index (κ2) is 7.48. The van der Waals surface area contributed by atoms with Crippen molar-refractivity contribution in [2.45, 2.75) is 31.8 Å². The quantitative estimate of drug-likeness (QED) is 0.581. The van der Waals surface area contributed by atoms with Crippen LogP contribution < -0.4 is 5.32 Å². The molecule has 0 bridgehead atoms. The summed E-state index contributed by atoms with van der Waals surface area (Å²) in [6.07, 6.45) is 1.83. The van der Waals surface area contributed by atoms with E-state index in [4.69, 9.17) is 9.15 Å². The van der Waals surface area contributed by atoms with E-state index >= 15 is 0 Å². The van der Waals surface area contributed by atoms with Gasteiger partial charge >= 0.3 is 5.97 Å². The summed E-state index contributed by atoms with van der Waals surface area (Å²) in [7, 11) is 0. The van der Waals surface area contributed by atoms with Crippen molar-refractivity contribution in [3.63, 3.8) is 0 Å². The normalized spacial score (nSPS) is 28.6. The monoisotopic (exact) mass is 397 g/mol. The number of hydrogen-bond acceptors (Lipinski definition) is 5. The van der Waals surface area contributed by atoms with Gasteiger partial charge in [-0.25, -0.2) is 4.79 Å². The third kappa shape index (κ3) is 2.97. The highest BCUT2D eigenvalue weighted by Gasteiger charge is 2.72. The molecule has 152 valence electrons. The van der Waals surface area contributed by atoms with Crippen LogP contribution in [0.4, 0.5) is 0 Å². The Labute approximate surface area is 169 Å². The zero-order chi connectivity index (χ0) is 20.6. The minimum Gasteiger partial charge on any atom is -0.463 e. The van der Waals surface area contributed by atoms with Crippen molar-refractivity contribution < 1.29 is 28.9 Å². The first-order valence-corrected chi connectivity index (χ1v) is 9.99. The van der Waals surface area contributed by atoms with E-state index in [1.165, 1.54) is 4.90 Å². The van der Waals surface area contributed by atoms with Crippen LogP contribution in [0.2, 0.25) is 0 Å². The molecule has 2 aromatic rings. The van der Waals surface area contributed by atoms with E-state index in [2.05, 4.69) is 0 Å². The van der Waals surface area contributed by atoms with Gasteiger partial charge in [-0.15, -0.1) is 0 Å².